The van der Waals surface area contributed by atoms with E-state index in [2.05, 4.69) is 26.1 Å². The number of likely N-dealkylation sites (N-methyl/N-ethyl adjacent to an activating group) is 1. The van der Waals surface area contributed by atoms with Crippen LogP contribution in [0.2, 0.25) is 0 Å². The Morgan fingerprint density at radius 2 is 1.77 bits per heavy atom. The minimum absolute atomic E-state index is 0.140. The van der Waals surface area contributed by atoms with Gasteiger partial charge in [0.1, 0.15) is 0 Å². The fourth-order valence-electron chi connectivity index (χ4n) is 2.40. The van der Waals surface area contributed by atoms with E-state index in [4.69, 9.17) is 0 Å². The summed E-state index contributed by atoms with van der Waals surface area (Å²) in [5.41, 5.74) is 0. The first-order chi connectivity index (χ1) is 12.1. The van der Waals surface area contributed by atoms with Crippen molar-refractivity contribution in [2.45, 2.75) is 30.4 Å². The molecule has 1 N–H and O–H groups in total. The highest BCUT2D eigenvalue weighted by Gasteiger charge is 2.23. The van der Waals surface area contributed by atoms with Crippen LogP contribution in [0.4, 0.5) is 0 Å². The fourth-order valence-corrected chi connectivity index (χ4v) is 4.38. The number of amides is 1. The molecule has 0 aromatic heterocycles. The molecule has 142 valence electrons. The molecule has 26 heavy (non-hydrogen) atoms. The number of thioether (sulfide) groups is 1. The van der Waals surface area contributed by atoms with Crippen LogP contribution >= 0.6 is 11.8 Å². The third-order valence-electron chi connectivity index (χ3n) is 3.75. The number of nitrogens with one attached hydrogen (secondary N) is 1. The van der Waals surface area contributed by atoms with Crippen molar-refractivity contribution in [2.24, 2.45) is 0 Å². The molecule has 2 aromatic carbocycles. The van der Waals surface area contributed by atoms with E-state index >= 15 is 0 Å². The van der Waals surface area contributed by atoms with Crippen LogP contribution in [0.25, 0.3) is 10.8 Å². The predicted molar refractivity (Wildman–Crippen MR) is 109 cm³/mol. The number of carbonyl (C=O) groups excluding carboxylic acids is 1. The van der Waals surface area contributed by atoms with Gasteiger partial charge in [-0.1, -0.05) is 51.1 Å². The third kappa shape index (κ3) is 5.72. The van der Waals surface area contributed by atoms with Crippen molar-refractivity contribution in [3.63, 3.8) is 0 Å². The van der Waals surface area contributed by atoms with E-state index in [0.717, 1.165) is 20.8 Å². The van der Waals surface area contributed by atoms with E-state index in [0.29, 0.717) is 6.54 Å². The van der Waals surface area contributed by atoms with E-state index in [1.807, 2.05) is 24.3 Å². The highest BCUT2D eigenvalue weighted by atomic mass is 32.2. The first-order valence-corrected chi connectivity index (χ1v) is 10.9. The SMILES string of the molecule is CN(CC(=O)NCCSC(C)(C)C)S(=O)(=O)c1ccc2ccccc2c1. The zero-order valence-corrected chi connectivity index (χ0v) is 17.3. The maximum absolute atomic E-state index is 12.7. The number of sulfonamides is 1. The summed E-state index contributed by atoms with van der Waals surface area (Å²) in [5.74, 6) is 0.488. The summed E-state index contributed by atoms with van der Waals surface area (Å²) < 4.78 is 26.7. The number of carbonyl (C=O) groups is 1. The van der Waals surface area contributed by atoms with Gasteiger partial charge in [0.05, 0.1) is 11.4 Å². The Kier molecular flexibility index (Phi) is 6.71. The van der Waals surface area contributed by atoms with Gasteiger partial charge in [-0.3, -0.25) is 4.79 Å². The monoisotopic (exact) mass is 394 g/mol. The normalized spacial score (nSPS) is 12.5. The molecule has 1 amide bonds. The first kappa shape index (κ1) is 20.7. The third-order valence-corrected chi connectivity index (χ3v) is 6.83. The molecule has 0 aliphatic heterocycles. The topological polar surface area (TPSA) is 66.5 Å². The molecule has 0 aliphatic carbocycles. The van der Waals surface area contributed by atoms with Crippen LogP contribution in [0.15, 0.2) is 47.4 Å². The molecule has 0 heterocycles. The average Bonchev–Trinajstić information content (AvgIpc) is 2.57. The van der Waals surface area contributed by atoms with Crippen molar-refractivity contribution in [1.82, 2.24) is 9.62 Å². The second kappa shape index (κ2) is 8.41. The van der Waals surface area contributed by atoms with Gasteiger partial charge in [-0.15, -0.1) is 0 Å². The van der Waals surface area contributed by atoms with Crippen molar-refractivity contribution >= 4 is 38.5 Å². The lowest BCUT2D eigenvalue weighted by molar-refractivity contribution is -0.121. The molecule has 0 spiro atoms. The summed E-state index contributed by atoms with van der Waals surface area (Å²) >= 11 is 1.75. The van der Waals surface area contributed by atoms with E-state index in [1.54, 1.807) is 30.0 Å². The number of rotatable bonds is 7. The van der Waals surface area contributed by atoms with Crippen LogP contribution in [-0.2, 0) is 14.8 Å². The van der Waals surface area contributed by atoms with Crippen LogP contribution in [0.5, 0.6) is 0 Å². The van der Waals surface area contributed by atoms with Crippen molar-refractivity contribution in [3.8, 4) is 0 Å². The summed E-state index contributed by atoms with van der Waals surface area (Å²) in [6, 6.07) is 12.6. The van der Waals surface area contributed by atoms with Gasteiger partial charge in [0.25, 0.3) is 0 Å². The molecule has 0 saturated heterocycles. The van der Waals surface area contributed by atoms with E-state index in [9.17, 15) is 13.2 Å². The van der Waals surface area contributed by atoms with Gasteiger partial charge in [-0.05, 0) is 22.9 Å². The number of hydrogen-bond acceptors (Lipinski definition) is 4. The maximum Gasteiger partial charge on any atom is 0.243 e. The quantitative estimate of drug-likeness (QED) is 0.733. The van der Waals surface area contributed by atoms with Crippen LogP contribution in [0.1, 0.15) is 20.8 Å². The zero-order chi connectivity index (χ0) is 19.4. The largest absolute Gasteiger partial charge is 0.354 e. The van der Waals surface area contributed by atoms with Crippen LogP contribution in [-0.4, -0.2) is 49.3 Å². The fraction of sp³-hybridized carbons (Fsp3) is 0.421. The number of nitrogens with zero attached hydrogens (tertiary/aromatic N) is 1. The molecular weight excluding hydrogens is 368 g/mol. The van der Waals surface area contributed by atoms with Crippen molar-refractivity contribution in [1.29, 1.82) is 0 Å². The molecule has 0 unspecified atom stereocenters. The minimum atomic E-state index is -3.71. The van der Waals surface area contributed by atoms with Crippen molar-refractivity contribution < 1.29 is 13.2 Å². The molecule has 2 rings (SSSR count). The van der Waals surface area contributed by atoms with Gasteiger partial charge in [-0.2, -0.15) is 16.1 Å². The molecule has 0 bridgehead atoms. The van der Waals surface area contributed by atoms with Crippen molar-refractivity contribution in [2.75, 3.05) is 25.9 Å². The summed E-state index contributed by atoms with van der Waals surface area (Å²) in [4.78, 5) is 12.2. The first-order valence-electron chi connectivity index (χ1n) is 8.45. The highest BCUT2D eigenvalue weighted by molar-refractivity contribution is 8.00. The molecular formula is C19H26N2O3S2. The Labute approximate surface area is 160 Å². The summed E-state index contributed by atoms with van der Waals surface area (Å²) in [6.45, 7) is 6.66. The molecule has 7 heteroatoms. The Hall–Kier alpha value is -1.57. The number of benzene rings is 2. The number of fused-ring (bicyclic) bond motifs is 1. The van der Waals surface area contributed by atoms with E-state index in [1.165, 1.54) is 7.05 Å². The lowest BCUT2D eigenvalue weighted by atomic mass is 10.1. The van der Waals surface area contributed by atoms with Gasteiger partial charge >= 0.3 is 0 Å². The van der Waals surface area contributed by atoms with Gasteiger partial charge < -0.3 is 5.32 Å². The van der Waals surface area contributed by atoms with Gasteiger partial charge in [0, 0.05) is 24.1 Å². The molecule has 0 aliphatic rings. The van der Waals surface area contributed by atoms with E-state index < -0.39 is 10.0 Å². The molecule has 0 fully saturated rings. The van der Waals surface area contributed by atoms with Gasteiger partial charge in [0.15, 0.2) is 0 Å². The molecule has 0 saturated carbocycles. The Morgan fingerprint density at radius 3 is 2.42 bits per heavy atom. The maximum atomic E-state index is 12.7. The summed E-state index contributed by atoms with van der Waals surface area (Å²) in [7, 11) is -2.29. The standard InChI is InChI=1S/C19H26N2O3S2/c1-19(2,3)25-12-11-20-18(22)14-21(4)26(23,24)17-10-9-15-7-5-6-8-16(15)13-17/h5-10,13H,11-12,14H2,1-4H3,(H,20,22). The lowest BCUT2D eigenvalue weighted by Gasteiger charge is -2.19. The van der Waals surface area contributed by atoms with Crippen LogP contribution < -0.4 is 5.32 Å². The van der Waals surface area contributed by atoms with Gasteiger partial charge in [-0.25, -0.2) is 8.42 Å². The second-order valence-electron chi connectivity index (χ2n) is 7.08. The minimum Gasteiger partial charge on any atom is -0.354 e. The lowest BCUT2D eigenvalue weighted by Crippen LogP contribution is -2.39. The highest BCUT2D eigenvalue weighted by Crippen LogP contribution is 2.22. The van der Waals surface area contributed by atoms with Crippen LogP contribution in [0, 0.1) is 0 Å². The summed E-state index contributed by atoms with van der Waals surface area (Å²) in [6.07, 6.45) is 0. The molecule has 2 aromatic rings. The average molecular weight is 395 g/mol. The Morgan fingerprint density at radius 1 is 1.12 bits per heavy atom. The second-order valence-corrected chi connectivity index (χ2v) is 11.0. The van der Waals surface area contributed by atoms with E-state index in [-0.39, 0.29) is 22.1 Å². The zero-order valence-electron chi connectivity index (χ0n) is 15.7. The molecule has 5 nitrogen and oxygen atoms in total. The van der Waals surface area contributed by atoms with Crippen molar-refractivity contribution in [3.05, 3.63) is 42.5 Å². The molecule has 0 radical (unpaired) electrons. The summed E-state index contributed by atoms with van der Waals surface area (Å²) in [5, 5.41) is 4.60. The van der Waals surface area contributed by atoms with Crippen LogP contribution in [0.3, 0.4) is 0 Å². The van der Waals surface area contributed by atoms with Gasteiger partial charge in [0.2, 0.25) is 15.9 Å². The Bertz CT molecular complexity index is 874. The molecule has 0 atom stereocenters. The number of hydrogen-bond donors (Lipinski definition) is 1. The smallest absolute Gasteiger partial charge is 0.243 e. The predicted octanol–water partition coefficient (Wildman–Crippen LogP) is 3.11. The Balaban J connectivity index is 1.98.